The summed E-state index contributed by atoms with van der Waals surface area (Å²) < 4.78 is 9.61. The maximum atomic E-state index is 13.1. The molecule has 7 rings (SSSR count). The van der Waals surface area contributed by atoms with Gasteiger partial charge in [0.25, 0.3) is 0 Å². The van der Waals surface area contributed by atoms with Gasteiger partial charge >= 0.3 is 0 Å². The second kappa shape index (κ2) is 11.5. The number of carbonyl (C=O) groups is 2. The summed E-state index contributed by atoms with van der Waals surface area (Å²) in [5.41, 5.74) is 10.9. The van der Waals surface area contributed by atoms with Gasteiger partial charge in [-0.25, -0.2) is 19.6 Å². The fraction of sp³-hybridized carbons (Fsp3) is 0.250. The van der Waals surface area contributed by atoms with Crippen LogP contribution in [0.3, 0.4) is 0 Å². The molecule has 1 unspecified atom stereocenters. The Bertz CT molecular complexity index is 2050. The number of nitrogens with two attached hydrogens (primary N) is 1. The molecule has 4 aromatic heterocycles. The topological polar surface area (TPSA) is 162 Å². The van der Waals surface area contributed by atoms with Crippen molar-refractivity contribution in [3.8, 4) is 17.0 Å². The van der Waals surface area contributed by atoms with Gasteiger partial charge in [-0.3, -0.25) is 14.5 Å². The van der Waals surface area contributed by atoms with Gasteiger partial charge < -0.3 is 25.3 Å². The molecular formula is C32H32N10O3. The monoisotopic (exact) mass is 604 g/mol. The lowest BCUT2D eigenvalue weighted by Crippen LogP contribution is -2.29. The number of aryl methyl sites for hydroxylation is 1. The second-order valence-electron chi connectivity index (χ2n) is 11.2. The van der Waals surface area contributed by atoms with Gasteiger partial charge in [-0.2, -0.15) is 5.10 Å². The Hall–Kier alpha value is -5.56. The van der Waals surface area contributed by atoms with Crippen molar-refractivity contribution in [1.82, 2.24) is 39.2 Å². The summed E-state index contributed by atoms with van der Waals surface area (Å²) in [6, 6.07) is 15.6. The Kier molecular flexibility index (Phi) is 7.22. The molecular weight excluding hydrogens is 572 g/mol. The van der Waals surface area contributed by atoms with Crippen molar-refractivity contribution in [2.24, 2.45) is 7.05 Å². The lowest BCUT2D eigenvalue weighted by atomic mass is 10.1. The quantitative estimate of drug-likeness (QED) is 0.209. The summed E-state index contributed by atoms with van der Waals surface area (Å²) in [5, 5.41) is 9.70. The summed E-state index contributed by atoms with van der Waals surface area (Å²) >= 11 is 0. The standard InChI is InChI=1S/C32H32N10O3/c1-40-22(13-19-5-3-4-6-24(19)40)15-27(44)38-23-8-7-20(14-26(23)45-2)29-28-30(33)36-18-37-32(28)42(39-29)21-9-12-41(16-21)17-25(43)31-34-10-11-35-31/h3-8,10-11,13-14,18,21H,9,12,15-17H2,1-2H3,(H,34,35)(H,38,44)(H2,33,36,37). The third-order valence-corrected chi connectivity index (χ3v) is 8.38. The zero-order chi connectivity index (χ0) is 31.1. The molecule has 2 aromatic carbocycles. The molecule has 0 spiro atoms. The van der Waals surface area contributed by atoms with Gasteiger partial charge in [0.1, 0.15) is 23.6 Å². The number of nitrogen functional groups attached to an aromatic ring is 1. The smallest absolute Gasteiger partial charge is 0.230 e. The number of ketones is 1. The van der Waals surface area contributed by atoms with E-state index in [0.29, 0.717) is 46.4 Å². The first-order valence-corrected chi connectivity index (χ1v) is 14.6. The third kappa shape index (κ3) is 5.27. The number of nitrogens with one attached hydrogen (secondary N) is 2. The van der Waals surface area contributed by atoms with E-state index in [9.17, 15) is 9.59 Å². The zero-order valence-electron chi connectivity index (χ0n) is 24.9. The van der Waals surface area contributed by atoms with E-state index in [4.69, 9.17) is 15.6 Å². The molecule has 1 aliphatic heterocycles. The SMILES string of the molecule is COc1cc(-c2nn(C3CCN(CC(=O)c4ncc[nH]4)C3)c3ncnc(N)c23)ccc1NC(=O)Cc1cc2ccccc2n1C. The van der Waals surface area contributed by atoms with Gasteiger partial charge in [-0.05, 0) is 36.1 Å². The molecule has 5 heterocycles. The number of hydrogen-bond donors (Lipinski definition) is 3. The highest BCUT2D eigenvalue weighted by Crippen LogP contribution is 2.37. The van der Waals surface area contributed by atoms with Crippen molar-refractivity contribution in [2.75, 3.05) is 37.8 Å². The lowest BCUT2D eigenvalue weighted by molar-refractivity contribution is -0.115. The molecule has 4 N–H and O–H groups in total. The fourth-order valence-electron chi connectivity index (χ4n) is 6.12. The molecule has 13 nitrogen and oxygen atoms in total. The number of likely N-dealkylation sites (tertiary alicyclic amines) is 1. The molecule has 13 heteroatoms. The first-order chi connectivity index (χ1) is 21.9. The van der Waals surface area contributed by atoms with Gasteiger partial charge in [0, 0.05) is 49.3 Å². The number of ether oxygens (including phenoxy) is 1. The number of hydrogen-bond acceptors (Lipinski definition) is 9. The number of H-pyrrole nitrogens is 1. The van der Waals surface area contributed by atoms with E-state index < -0.39 is 0 Å². The van der Waals surface area contributed by atoms with Crippen LogP contribution in [-0.4, -0.2) is 77.6 Å². The summed E-state index contributed by atoms with van der Waals surface area (Å²) in [5.74, 6) is 0.938. The number of anilines is 2. The number of aromatic amines is 1. The van der Waals surface area contributed by atoms with Gasteiger partial charge in [-0.15, -0.1) is 0 Å². The Morgan fingerprint density at radius 2 is 2.00 bits per heavy atom. The van der Waals surface area contributed by atoms with Crippen molar-refractivity contribution in [1.29, 1.82) is 0 Å². The molecule has 1 fully saturated rings. The number of benzene rings is 2. The van der Waals surface area contributed by atoms with E-state index in [1.165, 1.54) is 6.33 Å². The molecule has 0 saturated carbocycles. The number of amides is 1. The fourth-order valence-corrected chi connectivity index (χ4v) is 6.12. The molecule has 45 heavy (non-hydrogen) atoms. The lowest BCUT2D eigenvalue weighted by Gasteiger charge is -2.15. The summed E-state index contributed by atoms with van der Waals surface area (Å²) in [6.07, 6.45) is 5.65. The third-order valence-electron chi connectivity index (χ3n) is 8.38. The minimum absolute atomic E-state index is 0.0189. The van der Waals surface area contributed by atoms with E-state index in [0.717, 1.165) is 35.1 Å². The molecule has 1 atom stereocenters. The normalized spacial score (nSPS) is 15.2. The highest BCUT2D eigenvalue weighted by Gasteiger charge is 2.30. The van der Waals surface area contributed by atoms with Crippen molar-refractivity contribution in [2.45, 2.75) is 18.9 Å². The highest BCUT2D eigenvalue weighted by atomic mass is 16.5. The highest BCUT2D eigenvalue weighted by molar-refractivity contribution is 6.00. The zero-order valence-corrected chi connectivity index (χ0v) is 24.9. The van der Waals surface area contributed by atoms with Crippen LogP contribution >= 0.6 is 0 Å². The summed E-state index contributed by atoms with van der Waals surface area (Å²) in [4.78, 5) is 43.5. The van der Waals surface area contributed by atoms with Crippen LogP contribution in [0.1, 0.15) is 28.8 Å². The van der Waals surface area contributed by atoms with Crippen LogP contribution in [0.4, 0.5) is 11.5 Å². The number of rotatable bonds is 9. The van der Waals surface area contributed by atoms with E-state index in [1.807, 2.05) is 58.8 Å². The van der Waals surface area contributed by atoms with Gasteiger partial charge in [0.15, 0.2) is 11.5 Å². The number of methoxy groups -OCH3 is 1. The van der Waals surface area contributed by atoms with Gasteiger partial charge in [-0.1, -0.05) is 24.3 Å². The number of Topliss-reactive ketones (excluding diaryl/α,β-unsaturated/α-hetero) is 1. The number of fused-ring (bicyclic) bond motifs is 2. The van der Waals surface area contributed by atoms with Crippen LogP contribution in [-0.2, 0) is 18.3 Å². The first kappa shape index (κ1) is 28.2. The Balaban J connectivity index is 1.13. The van der Waals surface area contributed by atoms with Crippen LogP contribution in [0.15, 0.2) is 67.3 Å². The largest absolute Gasteiger partial charge is 0.495 e. The molecule has 6 aromatic rings. The number of carbonyl (C=O) groups excluding carboxylic acids is 2. The first-order valence-electron chi connectivity index (χ1n) is 14.6. The van der Waals surface area contributed by atoms with E-state index in [2.05, 4.69) is 30.2 Å². The van der Waals surface area contributed by atoms with Crippen molar-refractivity contribution in [3.05, 3.63) is 78.8 Å². The number of para-hydroxylation sites is 1. The van der Waals surface area contributed by atoms with E-state index in [-0.39, 0.29) is 30.7 Å². The van der Waals surface area contributed by atoms with E-state index in [1.54, 1.807) is 25.6 Å². The number of imidazole rings is 1. The predicted octanol–water partition coefficient (Wildman–Crippen LogP) is 3.61. The van der Waals surface area contributed by atoms with Gasteiger partial charge in [0.05, 0.1) is 37.2 Å². The van der Waals surface area contributed by atoms with Crippen LogP contribution in [0.5, 0.6) is 5.75 Å². The molecule has 0 bridgehead atoms. The average molecular weight is 605 g/mol. The maximum absolute atomic E-state index is 13.1. The molecule has 1 aliphatic rings. The summed E-state index contributed by atoms with van der Waals surface area (Å²) in [6.45, 7) is 1.62. The molecule has 1 amide bonds. The van der Waals surface area contributed by atoms with Crippen molar-refractivity contribution in [3.63, 3.8) is 0 Å². The Morgan fingerprint density at radius 1 is 1.13 bits per heavy atom. The molecule has 228 valence electrons. The Labute approximate surface area is 258 Å². The van der Waals surface area contributed by atoms with E-state index >= 15 is 0 Å². The molecule has 0 aliphatic carbocycles. The maximum Gasteiger partial charge on any atom is 0.230 e. The number of nitrogens with zero attached hydrogens (tertiary/aromatic N) is 7. The number of aromatic nitrogens is 7. The minimum Gasteiger partial charge on any atom is -0.495 e. The van der Waals surface area contributed by atoms with Crippen LogP contribution in [0.2, 0.25) is 0 Å². The minimum atomic E-state index is -0.157. The summed E-state index contributed by atoms with van der Waals surface area (Å²) in [7, 11) is 3.52. The van der Waals surface area contributed by atoms with Crippen LogP contribution < -0.4 is 15.8 Å². The molecule has 1 saturated heterocycles. The van der Waals surface area contributed by atoms with Crippen molar-refractivity contribution >= 4 is 45.1 Å². The Morgan fingerprint density at radius 3 is 2.80 bits per heavy atom. The second-order valence-corrected chi connectivity index (χ2v) is 11.2. The van der Waals surface area contributed by atoms with Crippen molar-refractivity contribution < 1.29 is 14.3 Å². The predicted molar refractivity (Wildman–Crippen MR) is 170 cm³/mol. The van der Waals surface area contributed by atoms with Crippen LogP contribution in [0, 0.1) is 0 Å². The molecule has 0 radical (unpaired) electrons. The average Bonchev–Trinajstić information content (AvgIpc) is 3.85. The van der Waals surface area contributed by atoms with Gasteiger partial charge in [0.2, 0.25) is 11.7 Å². The van der Waals surface area contributed by atoms with Crippen LogP contribution in [0.25, 0.3) is 33.2 Å².